The number of rotatable bonds is 5. The fourth-order valence-electron chi connectivity index (χ4n) is 3.21. The number of amides is 1. The quantitative estimate of drug-likeness (QED) is 0.757. The summed E-state index contributed by atoms with van der Waals surface area (Å²) in [4.78, 5) is 23.4. The second kappa shape index (κ2) is 6.99. The van der Waals surface area contributed by atoms with Crippen molar-refractivity contribution in [2.24, 2.45) is 0 Å². The Kier molecular flexibility index (Phi) is 4.39. The van der Waals surface area contributed by atoms with E-state index in [1.807, 2.05) is 18.2 Å². The van der Waals surface area contributed by atoms with Crippen molar-refractivity contribution in [3.63, 3.8) is 0 Å². The summed E-state index contributed by atoms with van der Waals surface area (Å²) >= 11 is 0. The van der Waals surface area contributed by atoms with Gasteiger partial charge in [-0.1, -0.05) is 6.07 Å². The van der Waals surface area contributed by atoms with Gasteiger partial charge in [-0.3, -0.25) is 4.79 Å². The highest BCUT2D eigenvalue weighted by Gasteiger charge is 2.19. The lowest BCUT2D eigenvalue weighted by molar-refractivity contribution is -0.116. The van der Waals surface area contributed by atoms with Gasteiger partial charge in [-0.15, -0.1) is 0 Å². The summed E-state index contributed by atoms with van der Waals surface area (Å²) in [5.41, 5.74) is 1.35. The van der Waals surface area contributed by atoms with E-state index in [0.717, 1.165) is 24.3 Å². The van der Waals surface area contributed by atoms with Crippen LogP contribution in [0.4, 0.5) is 11.5 Å². The lowest BCUT2D eigenvalue weighted by atomic mass is 10.3. The largest absolute Gasteiger partial charge is 0.497 e. The molecule has 1 fully saturated rings. The van der Waals surface area contributed by atoms with Crippen LogP contribution in [0.3, 0.4) is 0 Å². The number of methoxy groups -OCH3 is 1. The molecule has 0 spiro atoms. The number of aromatic nitrogens is 4. The zero-order valence-electron chi connectivity index (χ0n) is 14.6. The lowest BCUT2D eigenvalue weighted by Gasteiger charge is -2.16. The van der Waals surface area contributed by atoms with E-state index in [1.165, 1.54) is 19.2 Å². The predicted octanol–water partition coefficient (Wildman–Crippen LogP) is 2.07. The van der Waals surface area contributed by atoms with Crippen LogP contribution in [-0.4, -0.2) is 45.9 Å². The van der Waals surface area contributed by atoms with Crippen molar-refractivity contribution in [2.45, 2.75) is 19.4 Å². The van der Waals surface area contributed by atoms with Gasteiger partial charge in [0.2, 0.25) is 5.91 Å². The molecule has 1 aliphatic heterocycles. The van der Waals surface area contributed by atoms with E-state index in [2.05, 4.69) is 25.3 Å². The molecule has 0 atom stereocenters. The summed E-state index contributed by atoms with van der Waals surface area (Å²) in [6, 6.07) is 7.24. The summed E-state index contributed by atoms with van der Waals surface area (Å²) in [6.45, 7) is 2.07. The van der Waals surface area contributed by atoms with Crippen LogP contribution in [0.5, 0.6) is 5.75 Å². The van der Waals surface area contributed by atoms with Gasteiger partial charge in [0.25, 0.3) is 0 Å². The molecule has 0 saturated carbocycles. The summed E-state index contributed by atoms with van der Waals surface area (Å²) in [7, 11) is 1.59. The topological polar surface area (TPSA) is 85.2 Å². The van der Waals surface area contributed by atoms with Crippen molar-refractivity contribution in [1.82, 2.24) is 19.7 Å². The Morgan fingerprint density at radius 2 is 2.12 bits per heavy atom. The molecular formula is C18H20N6O2. The molecule has 1 aromatic carbocycles. The molecule has 8 nitrogen and oxygen atoms in total. The molecule has 3 heterocycles. The molecule has 1 saturated heterocycles. The molecule has 26 heavy (non-hydrogen) atoms. The fraction of sp³-hybridized carbons (Fsp3) is 0.333. The van der Waals surface area contributed by atoms with Crippen LogP contribution in [0.15, 0.2) is 36.8 Å². The third-order valence-electron chi connectivity index (χ3n) is 4.47. The van der Waals surface area contributed by atoms with Gasteiger partial charge in [0.15, 0.2) is 5.65 Å². The first kappa shape index (κ1) is 16.3. The van der Waals surface area contributed by atoms with Gasteiger partial charge in [0.1, 0.15) is 24.4 Å². The summed E-state index contributed by atoms with van der Waals surface area (Å²) in [5, 5.41) is 8.08. The fourth-order valence-corrected chi connectivity index (χ4v) is 3.21. The second-order valence-electron chi connectivity index (χ2n) is 6.21. The van der Waals surface area contributed by atoms with E-state index in [9.17, 15) is 4.79 Å². The minimum absolute atomic E-state index is 0.0805. The Morgan fingerprint density at radius 3 is 2.92 bits per heavy atom. The number of benzene rings is 1. The first-order valence-electron chi connectivity index (χ1n) is 8.60. The number of carbonyl (C=O) groups is 1. The molecule has 134 valence electrons. The van der Waals surface area contributed by atoms with Gasteiger partial charge in [0, 0.05) is 24.8 Å². The molecular weight excluding hydrogens is 332 g/mol. The Morgan fingerprint density at radius 1 is 1.27 bits per heavy atom. The van der Waals surface area contributed by atoms with Crippen molar-refractivity contribution in [3.8, 4) is 5.75 Å². The van der Waals surface area contributed by atoms with Gasteiger partial charge in [-0.2, -0.15) is 5.10 Å². The van der Waals surface area contributed by atoms with Gasteiger partial charge < -0.3 is 15.0 Å². The van der Waals surface area contributed by atoms with Crippen molar-refractivity contribution >= 4 is 28.4 Å². The third kappa shape index (κ3) is 3.17. The first-order valence-corrected chi connectivity index (χ1v) is 8.60. The predicted molar refractivity (Wildman–Crippen MR) is 98.4 cm³/mol. The highest BCUT2D eigenvalue weighted by molar-refractivity contribution is 5.92. The van der Waals surface area contributed by atoms with Gasteiger partial charge in [0.05, 0.1) is 18.7 Å². The minimum Gasteiger partial charge on any atom is -0.497 e. The Hall–Kier alpha value is -3.16. The molecule has 2 aromatic heterocycles. The molecule has 0 bridgehead atoms. The minimum atomic E-state index is -0.176. The third-order valence-corrected chi connectivity index (χ3v) is 4.47. The molecule has 1 N–H and O–H groups in total. The number of carbonyl (C=O) groups excluding carboxylic acids is 1. The maximum Gasteiger partial charge on any atom is 0.246 e. The highest BCUT2D eigenvalue weighted by Crippen LogP contribution is 2.25. The van der Waals surface area contributed by atoms with Crippen LogP contribution < -0.4 is 15.0 Å². The lowest BCUT2D eigenvalue weighted by Crippen LogP contribution is -2.20. The molecule has 3 aromatic rings. The number of fused-ring (bicyclic) bond motifs is 1. The number of hydrogen-bond acceptors (Lipinski definition) is 6. The zero-order chi connectivity index (χ0) is 17.9. The Labute approximate surface area is 150 Å². The monoisotopic (exact) mass is 352 g/mol. The van der Waals surface area contributed by atoms with Crippen molar-refractivity contribution in [2.75, 3.05) is 30.4 Å². The number of nitrogens with zero attached hydrogens (tertiary/aromatic N) is 5. The second-order valence-corrected chi connectivity index (χ2v) is 6.21. The van der Waals surface area contributed by atoms with Crippen LogP contribution in [0.2, 0.25) is 0 Å². The average molecular weight is 352 g/mol. The number of nitrogens with one attached hydrogen (secondary N) is 1. The van der Waals surface area contributed by atoms with E-state index >= 15 is 0 Å². The van der Waals surface area contributed by atoms with Gasteiger partial charge in [-0.25, -0.2) is 14.6 Å². The molecule has 8 heteroatoms. The number of hydrogen-bond donors (Lipinski definition) is 1. The summed E-state index contributed by atoms with van der Waals surface area (Å²) in [5.74, 6) is 1.41. The van der Waals surface area contributed by atoms with Crippen LogP contribution in [0.1, 0.15) is 12.8 Å². The summed E-state index contributed by atoms with van der Waals surface area (Å²) < 4.78 is 6.77. The van der Waals surface area contributed by atoms with Crippen molar-refractivity contribution in [3.05, 3.63) is 36.8 Å². The van der Waals surface area contributed by atoms with E-state index in [-0.39, 0.29) is 12.5 Å². The Balaban J connectivity index is 1.53. The summed E-state index contributed by atoms with van der Waals surface area (Å²) in [6.07, 6.45) is 5.61. The molecule has 1 amide bonds. The van der Waals surface area contributed by atoms with Crippen LogP contribution >= 0.6 is 0 Å². The maximum absolute atomic E-state index is 12.4. The average Bonchev–Trinajstić information content (AvgIpc) is 3.32. The van der Waals surface area contributed by atoms with E-state index in [4.69, 9.17) is 4.74 Å². The standard InChI is InChI=1S/C18H20N6O2/c1-26-14-6-4-5-13(9-14)22-16(25)11-24-18-15(10-21-24)17(19-12-20-18)23-7-2-3-8-23/h4-6,9-10,12H,2-3,7-8,11H2,1H3,(H,22,25). The van der Waals surface area contributed by atoms with Gasteiger partial charge >= 0.3 is 0 Å². The van der Waals surface area contributed by atoms with Crippen LogP contribution in [-0.2, 0) is 11.3 Å². The van der Waals surface area contributed by atoms with Crippen LogP contribution in [0, 0.1) is 0 Å². The van der Waals surface area contributed by atoms with Gasteiger partial charge in [-0.05, 0) is 25.0 Å². The molecule has 0 unspecified atom stereocenters. The highest BCUT2D eigenvalue weighted by atomic mass is 16.5. The normalized spacial score (nSPS) is 14.0. The van der Waals surface area contributed by atoms with E-state index < -0.39 is 0 Å². The van der Waals surface area contributed by atoms with E-state index in [1.54, 1.807) is 24.1 Å². The molecule has 0 radical (unpaired) electrons. The molecule has 0 aliphatic carbocycles. The van der Waals surface area contributed by atoms with Crippen LogP contribution in [0.25, 0.3) is 11.0 Å². The number of anilines is 2. The molecule has 1 aliphatic rings. The smallest absolute Gasteiger partial charge is 0.246 e. The van der Waals surface area contributed by atoms with Crippen molar-refractivity contribution < 1.29 is 9.53 Å². The SMILES string of the molecule is COc1cccc(NC(=O)Cn2ncc3c(N4CCCC4)ncnc32)c1. The first-order chi connectivity index (χ1) is 12.7. The zero-order valence-corrected chi connectivity index (χ0v) is 14.6. The van der Waals surface area contributed by atoms with Crippen molar-refractivity contribution in [1.29, 1.82) is 0 Å². The molecule has 4 rings (SSSR count). The maximum atomic E-state index is 12.4. The van der Waals surface area contributed by atoms with E-state index in [0.29, 0.717) is 17.1 Å². The number of ether oxygens (including phenoxy) is 1. The Bertz CT molecular complexity index is 932.